The first-order valence-electron chi connectivity index (χ1n) is 4.44. The van der Waals surface area contributed by atoms with Crippen LogP contribution in [0.3, 0.4) is 0 Å². The smallest absolute Gasteiger partial charge is 0.345 e. The third kappa shape index (κ3) is 2.74. The molecule has 0 fully saturated rings. The van der Waals surface area contributed by atoms with Crippen molar-refractivity contribution in [2.24, 2.45) is 0 Å². The second-order valence-electron chi connectivity index (χ2n) is 2.98. The Morgan fingerprint density at radius 2 is 1.80 bits per heavy atom. The lowest BCUT2D eigenvalue weighted by atomic mass is 10.1. The Balaban J connectivity index is 2.92. The van der Waals surface area contributed by atoms with Gasteiger partial charge in [-0.2, -0.15) is 0 Å². The van der Waals surface area contributed by atoms with Gasteiger partial charge in [-0.25, -0.2) is 0 Å². The molecule has 1 rings (SSSR count). The molecule has 2 atom stereocenters. The summed E-state index contributed by atoms with van der Waals surface area (Å²) in [5.41, 5.74) is 0.726. The van der Waals surface area contributed by atoms with Crippen LogP contribution in [0.4, 0.5) is 0 Å². The molecular formula is C10H13NO4. The van der Waals surface area contributed by atoms with Crippen molar-refractivity contribution in [1.29, 1.82) is 0 Å². The minimum Gasteiger partial charge on any atom is -0.367 e. The first-order valence-corrected chi connectivity index (χ1v) is 4.44. The first kappa shape index (κ1) is 11.6. The van der Waals surface area contributed by atoms with Crippen LogP contribution in [0.1, 0.15) is 11.7 Å². The predicted molar refractivity (Wildman–Crippen MR) is 54.0 cm³/mol. The maximum atomic E-state index is 10.7. The second-order valence-corrected chi connectivity index (χ2v) is 2.98. The van der Waals surface area contributed by atoms with Crippen molar-refractivity contribution in [3.8, 4) is 0 Å². The summed E-state index contributed by atoms with van der Waals surface area (Å²) in [5, 5.41) is 10.7. The summed E-state index contributed by atoms with van der Waals surface area (Å²) in [7, 11) is 2.72. The van der Waals surface area contributed by atoms with E-state index in [0.717, 1.165) is 5.56 Å². The fourth-order valence-corrected chi connectivity index (χ4v) is 1.38. The fourth-order valence-electron chi connectivity index (χ4n) is 1.38. The Hall–Kier alpha value is -1.46. The maximum Gasteiger partial charge on any atom is 0.345 e. The molecule has 0 aliphatic rings. The standard InChI is InChI=1S/C10H13NO4/c1-14-9(10(15-2)11(12)13)8-6-4-3-5-7-8/h3-7,9-10H,1-2H3. The minimum atomic E-state index is -1.18. The van der Waals surface area contributed by atoms with Gasteiger partial charge in [-0.3, -0.25) is 10.1 Å². The summed E-state index contributed by atoms with van der Waals surface area (Å²) >= 11 is 0. The lowest BCUT2D eigenvalue weighted by Crippen LogP contribution is -2.30. The minimum absolute atomic E-state index is 0.499. The van der Waals surface area contributed by atoms with Crippen molar-refractivity contribution in [1.82, 2.24) is 0 Å². The van der Waals surface area contributed by atoms with E-state index in [1.54, 1.807) is 24.3 Å². The summed E-state index contributed by atoms with van der Waals surface area (Å²) < 4.78 is 9.88. The van der Waals surface area contributed by atoms with Gasteiger partial charge >= 0.3 is 6.23 Å². The zero-order valence-electron chi connectivity index (χ0n) is 8.62. The van der Waals surface area contributed by atoms with E-state index in [1.807, 2.05) is 6.07 Å². The van der Waals surface area contributed by atoms with Crippen LogP contribution in [0.25, 0.3) is 0 Å². The van der Waals surface area contributed by atoms with Gasteiger partial charge in [0.05, 0.1) is 4.92 Å². The van der Waals surface area contributed by atoms with E-state index in [2.05, 4.69) is 0 Å². The van der Waals surface area contributed by atoms with Crippen LogP contribution in [-0.2, 0) is 9.47 Å². The Morgan fingerprint density at radius 1 is 1.20 bits per heavy atom. The van der Waals surface area contributed by atoms with Gasteiger partial charge in [0.15, 0.2) is 6.10 Å². The largest absolute Gasteiger partial charge is 0.367 e. The van der Waals surface area contributed by atoms with Gasteiger partial charge in [0, 0.05) is 14.2 Å². The molecule has 0 amide bonds. The van der Waals surface area contributed by atoms with E-state index in [1.165, 1.54) is 14.2 Å². The van der Waals surface area contributed by atoms with Gasteiger partial charge in [0.1, 0.15) is 0 Å². The lowest BCUT2D eigenvalue weighted by Gasteiger charge is -2.18. The maximum absolute atomic E-state index is 10.7. The predicted octanol–water partition coefficient (Wildman–Crippen LogP) is 1.62. The summed E-state index contributed by atoms with van der Waals surface area (Å²) in [4.78, 5) is 10.2. The van der Waals surface area contributed by atoms with Crippen molar-refractivity contribution in [2.75, 3.05) is 14.2 Å². The van der Waals surface area contributed by atoms with E-state index in [4.69, 9.17) is 9.47 Å². The molecule has 1 aromatic carbocycles. The summed E-state index contributed by atoms with van der Waals surface area (Å²) in [6.45, 7) is 0. The van der Waals surface area contributed by atoms with Gasteiger partial charge < -0.3 is 9.47 Å². The van der Waals surface area contributed by atoms with Gasteiger partial charge in [-0.1, -0.05) is 30.3 Å². The zero-order valence-corrected chi connectivity index (χ0v) is 8.62. The van der Waals surface area contributed by atoms with Crippen LogP contribution in [0.15, 0.2) is 30.3 Å². The molecular weight excluding hydrogens is 198 g/mol. The van der Waals surface area contributed by atoms with Crippen LogP contribution < -0.4 is 0 Å². The number of hydrogen-bond donors (Lipinski definition) is 0. The summed E-state index contributed by atoms with van der Waals surface area (Å²) in [6.07, 6.45) is -1.87. The van der Waals surface area contributed by atoms with Gasteiger partial charge in [-0.15, -0.1) is 0 Å². The number of methoxy groups -OCH3 is 2. The molecule has 1 aromatic rings. The fraction of sp³-hybridized carbons (Fsp3) is 0.400. The average molecular weight is 211 g/mol. The molecule has 82 valence electrons. The molecule has 0 aliphatic carbocycles. The Labute approximate surface area is 87.8 Å². The Morgan fingerprint density at radius 3 is 2.20 bits per heavy atom. The number of nitrogens with zero attached hydrogens (tertiary/aromatic N) is 1. The van der Waals surface area contributed by atoms with Crippen molar-refractivity contribution < 1.29 is 14.4 Å². The number of rotatable bonds is 5. The van der Waals surface area contributed by atoms with Crippen LogP contribution >= 0.6 is 0 Å². The second kappa shape index (κ2) is 5.43. The van der Waals surface area contributed by atoms with Crippen molar-refractivity contribution in [3.63, 3.8) is 0 Å². The lowest BCUT2D eigenvalue weighted by molar-refractivity contribution is -0.587. The number of ether oxygens (including phenoxy) is 2. The van der Waals surface area contributed by atoms with Crippen molar-refractivity contribution >= 4 is 0 Å². The highest BCUT2D eigenvalue weighted by Gasteiger charge is 2.32. The molecule has 2 unspecified atom stereocenters. The quantitative estimate of drug-likeness (QED) is 0.422. The van der Waals surface area contributed by atoms with E-state index < -0.39 is 17.3 Å². The normalized spacial score (nSPS) is 14.5. The average Bonchev–Trinajstić information content (AvgIpc) is 2.26. The molecule has 0 N–H and O–H groups in total. The number of hydrogen-bond acceptors (Lipinski definition) is 4. The van der Waals surface area contributed by atoms with Crippen LogP contribution in [0.5, 0.6) is 0 Å². The Kier molecular flexibility index (Phi) is 4.20. The molecule has 0 aliphatic heterocycles. The van der Waals surface area contributed by atoms with E-state index in [0.29, 0.717) is 0 Å². The molecule has 0 spiro atoms. The summed E-state index contributed by atoms with van der Waals surface area (Å²) in [6, 6.07) is 8.97. The molecule has 0 saturated carbocycles. The van der Waals surface area contributed by atoms with Crippen LogP contribution in [-0.4, -0.2) is 25.4 Å². The van der Waals surface area contributed by atoms with Crippen LogP contribution in [0, 0.1) is 10.1 Å². The molecule has 0 bridgehead atoms. The van der Waals surface area contributed by atoms with Crippen molar-refractivity contribution in [2.45, 2.75) is 12.3 Å². The highest BCUT2D eigenvalue weighted by molar-refractivity contribution is 5.18. The SMILES string of the molecule is COC(c1ccccc1)C(OC)[N+](=O)[O-]. The first-order chi connectivity index (χ1) is 7.20. The third-order valence-electron chi connectivity index (χ3n) is 2.09. The molecule has 15 heavy (non-hydrogen) atoms. The van der Waals surface area contributed by atoms with Crippen molar-refractivity contribution in [3.05, 3.63) is 46.0 Å². The van der Waals surface area contributed by atoms with Gasteiger partial charge in [0.2, 0.25) is 0 Å². The number of benzene rings is 1. The van der Waals surface area contributed by atoms with Gasteiger partial charge in [-0.05, 0) is 5.56 Å². The molecule has 5 nitrogen and oxygen atoms in total. The molecule has 0 heterocycles. The number of nitro groups is 1. The van der Waals surface area contributed by atoms with Crippen LogP contribution in [0.2, 0.25) is 0 Å². The van der Waals surface area contributed by atoms with E-state index in [-0.39, 0.29) is 0 Å². The monoisotopic (exact) mass is 211 g/mol. The third-order valence-corrected chi connectivity index (χ3v) is 2.09. The molecule has 0 saturated heterocycles. The van der Waals surface area contributed by atoms with Gasteiger partial charge in [0.25, 0.3) is 0 Å². The van der Waals surface area contributed by atoms with E-state index in [9.17, 15) is 10.1 Å². The topological polar surface area (TPSA) is 61.6 Å². The highest BCUT2D eigenvalue weighted by atomic mass is 16.7. The molecule has 5 heteroatoms. The Bertz CT molecular complexity index is 314. The summed E-state index contributed by atoms with van der Waals surface area (Å²) in [5.74, 6) is 0. The highest BCUT2D eigenvalue weighted by Crippen LogP contribution is 2.22. The molecule has 0 radical (unpaired) electrons. The molecule has 0 aromatic heterocycles. The zero-order chi connectivity index (χ0) is 11.3. The van der Waals surface area contributed by atoms with E-state index >= 15 is 0 Å².